The Morgan fingerprint density at radius 2 is 1.33 bits per heavy atom. The lowest BCUT2D eigenvalue weighted by Gasteiger charge is -2.53. The van der Waals surface area contributed by atoms with E-state index in [0.29, 0.717) is 17.9 Å². The van der Waals surface area contributed by atoms with E-state index >= 15 is 0 Å². The van der Waals surface area contributed by atoms with Crippen LogP contribution in [0.3, 0.4) is 0 Å². The van der Waals surface area contributed by atoms with Gasteiger partial charge in [-0.05, 0) is 56.3 Å². The molecule has 2 atom stereocenters. The second kappa shape index (κ2) is 8.82. The van der Waals surface area contributed by atoms with E-state index in [4.69, 9.17) is 0 Å². The molecule has 30 heavy (non-hydrogen) atoms. The molecule has 4 fully saturated rings. The molecule has 2 bridgehead atoms. The van der Waals surface area contributed by atoms with Crippen molar-refractivity contribution in [2.45, 2.75) is 61.9 Å². The molecule has 0 radical (unpaired) electrons. The highest BCUT2D eigenvalue weighted by Crippen LogP contribution is 2.54. The first kappa shape index (κ1) is 20.2. The number of rotatable bonds is 5. The van der Waals surface area contributed by atoms with E-state index in [9.17, 15) is 5.11 Å². The summed E-state index contributed by atoms with van der Waals surface area (Å²) >= 11 is 0. The topological polar surface area (TPSA) is 26.7 Å². The van der Waals surface area contributed by atoms with Gasteiger partial charge in [0.05, 0.1) is 6.61 Å². The summed E-state index contributed by atoms with van der Waals surface area (Å²) in [5, 5.41) is 9.91. The van der Waals surface area contributed by atoms with Crippen LogP contribution in [-0.2, 0) is 0 Å². The van der Waals surface area contributed by atoms with E-state index in [1.807, 2.05) is 0 Å². The maximum absolute atomic E-state index is 9.91. The van der Waals surface area contributed by atoms with Crippen LogP contribution in [0.2, 0.25) is 0 Å². The van der Waals surface area contributed by atoms with Gasteiger partial charge in [0.2, 0.25) is 0 Å². The first-order valence-corrected chi connectivity index (χ1v) is 12.0. The van der Waals surface area contributed by atoms with Crippen molar-refractivity contribution in [3.05, 3.63) is 71.8 Å². The molecule has 3 aliphatic heterocycles. The quantitative estimate of drug-likeness (QED) is 0.786. The second-order valence-corrected chi connectivity index (χ2v) is 9.71. The van der Waals surface area contributed by atoms with Gasteiger partial charge >= 0.3 is 0 Å². The van der Waals surface area contributed by atoms with Gasteiger partial charge < -0.3 is 5.11 Å². The Balaban J connectivity index is 1.61. The van der Waals surface area contributed by atoms with Crippen LogP contribution in [-0.4, -0.2) is 59.3 Å². The van der Waals surface area contributed by atoms with Crippen LogP contribution in [0.25, 0.3) is 0 Å². The van der Waals surface area contributed by atoms with Crippen LogP contribution in [0.1, 0.15) is 61.5 Å². The molecule has 3 saturated heterocycles. The first-order chi connectivity index (χ1) is 14.8. The lowest BCUT2D eigenvalue weighted by Crippen LogP contribution is -2.56. The molecule has 0 amide bonds. The molecule has 2 aromatic carbocycles. The number of hydrogen-bond acceptors (Lipinski definition) is 3. The third-order valence-corrected chi connectivity index (χ3v) is 8.18. The third kappa shape index (κ3) is 3.72. The summed E-state index contributed by atoms with van der Waals surface area (Å²) in [5.74, 6) is 1.03. The number of aliphatic hydroxyl groups excluding tert-OH is 1. The maximum atomic E-state index is 9.91. The van der Waals surface area contributed by atoms with Crippen LogP contribution >= 0.6 is 0 Å². The molecule has 1 aliphatic carbocycles. The smallest absolute Gasteiger partial charge is 0.0558 e. The van der Waals surface area contributed by atoms with E-state index in [2.05, 4.69) is 70.5 Å². The monoisotopic (exact) mass is 404 g/mol. The zero-order valence-corrected chi connectivity index (χ0v) is 18.1. The normalized spacial score (nSPS) is 32.8. The SMILES string of the molecule is OCCN1CCC2(N3CCCCC3)C[C@@H](c3ccccc3)C1[C@H](c1ccccc1)C2. The molecule has 0 unspecified atom stereocenters. The summed E-state index contributed by atoms with van der Waals surface area (Å²) in [6, 6.07) is 22.9. The highest BCUT2D eigenvalue weighted by atomic mass is 16.3. The molecule has 1 N–H and O–H groups in total. The number of piperidine rings is 1. The van der Waals surface area contributed by atoms with E-state index in [1.165, 1.54) is 62.7 Å². The molecule has 0 aromatic heterocycles. The molecule has 0 spiro atoms. The van der Waals surface area contributed by atoms with Gasteiger partial charge in [0.1, 0.15) is 0 Å². The molecule has 1 saturated carbocycles. The van der Waals surface area contributed by atoms with Crippen molar-refractivity contribution >= 4 is 0 Å². The summed E-state index contributed by atoms with van der Waals surface area (Å²) in [6.45, 7) is 4.65. The highest BCUT2D eigenvalue weighted by Gasteiger charge is 2.53. The predicted octanol–water partition coefficient (Wildman–Crippen LogP) is 4.64. The lowest BCUT2D eigenvalue weighted by atomic mass is 9.63. The first-order valence-electron chi connectivity index (χ1n) is 12.0. The molecular formula is C27H36N2O. The fourth-order valence-electron chi connectivity index (χ4n) is 6.84. The molecule has 6 rings (SSSR count). The maximum Gasteiger partial charge on any atom is 0.0558 e. The number of benzene rings is 2. The van der Waals surface area contributed by atoms with E-state index < -0.39 is 0 Å². The van der Waals surface area contributed by atoms with Gasteiger partial charge in [-0.2, -0.15) is 0 Å². The second-order valence-electron chi connectivity index (χ2n) is 9.71. The standard InChI is InChI=1S/C27H36N2O/c30-19-18-28-17-14-27(29-15-8-3-9-16-29)20-24(22-10-4-1-5-11-22)26(28)25(21-27)23-12-6-2-7-13-23/h1-2,4-7,10-13,24-26,30H,3,8-9,14-21H2/t24-,25-,26?,27?/m0/s1. The van der Waals surface area contributed by atoms with Gasteiger partial charge in [-0.25, -0.2) is 0 Å². The molecule has 4 aliphatic rings. The summed E-state index contributed by atoms with van der Waals surface area (Å²) in [6.07, 6.45) is 7.82. The van der Waals surface area contributed by atoms with Crippen LogP contribution in [0.4, 0.5) is 0 Å². The number of likely N-dealkylation sites (tertiary alicyclic amines) is 1. The zero-order chi connectivity index (χ0) is 20.4. The van der Waals surface area contributed by atoms with Crippen molar-refractivity contribution in [1.29, 1.82) is 0 Å². The van der Waals surface area contributed by atoms with Crippen LogP contribution in [0.5, 0.6) is 0 Å². The van der Waals surface area contributed by atoms with Gasteiger partial charge in [-0.3, -0.25) is 9.80 Å². The average molecular weight is 405 g/mol. The molecule has 3 nitrogen and oxygen atoms in total. The number of fused-ring (bicyclic) bond motifs is 4. The summed E-state index contributed by atoms with van der Waals surface area (Å²) < 4.78 is 0. The minimum atomic E-state index is 0.246. The molecule has 3 heterocycles. The fraction of sp³-hybridized carbons (Fsp3) is 0.556. The van der Waals surface area contributed by atoms with Crippen molar-refractivity contribution in [3.63, 3.8) is 0 Å². The van der Waals surface area contributed by atoms with Crippen molar-refractivity contribution in [2.24, 2.45) is 0 Å². The summed E-state index contributed by atoms with van der Waals surface area (Å²) in [5.41, 5.74) is 3.24. The average Bonchev–Trinajstić information content (AvgIpc) is 3.09. The van der Waals surface area contributed by atoms with Crippen molar-refractivity contribution in [2.75, 3.05) is 32.8 Å². The molecule has 2 aromatic rings. The van der Waals surface area contributed by atoms with E-state index in [0.717, 1.165) is 13.1 Å². The van der Waals surface area contributed by atoms with Gasteiger partial charge in [-0.15, -0.1) is 0 Å². The number of aliphatic hydroxyl groups is 1. The Kier molecular flexibility index (Phi) is 5.95. The Morgan fingerprint density at radius 3 is 1.87 bits per heavy atom. The van der Waals surface area contributed by atoms with Crippen LogP contribution < -0.4 is 0 Å². The number of hydrogen-bond donors (Lipinski definition) is 1. The fourth-order valence-corrected chi connectivity index (χ4v) is 6.84. The highest BCUT2D eigenvalue weighted by molar-refractivity contribution is 5.32. The Bertz CT molecular complexity index is 753. The van der Waals surface area contributed by atoms with Gasteiger partial charge in [0.25, 0.3) is 0 Å². The predicted molar refractivity (Wildman–Crippen MR) is 123 cm³/mol. The van der Waals surface area contributed by atoms with Crippen molar-refractivity contribution in [1.82, 2.24) is 9.80 Å². The van der Waals surface area contributed by atoms with E-state index in [1.54, 1.807) is 0 Å². The summed E-state index contributed by atoms with van der Waals surface area (Å²) in [4.78, 5) is 5.51. The zero-order valence-electron chi connectivity index (χ0n) is 18.1. The van der Waals surface area contributed by atoms with Crippen molar-refractivity contribution < 1.29 is 5.11 Å². The third-order valence-electron chi connectivity index (χ3n) is 8.18. The largest absolute Gasteiger partial charge is 0.395 e. The van der Waals surface area contributed by atoms with Gasteiger partial charge in [-0.1, -0.05) is 67.1 Å². The van der Waals surface area contributed by atoms with E-state index in [-0.39, 0.29) is 12.1 Å². The number of nitrogens with zero attached hydrogens (tertiary/aromatic N) is 2. The van der Waals surface area contributed by atoms with Crippen LogP contribution in [0, 0.1) is 0 Å². The Labute approximate surface area is 181 Å². The van der Waals surface area contributed by atoms with Crippen molar-refractivity contribution in [3.8, 4) is 0 Å². The lowest BCUT2D eigenvalue weighted by molar-refractivity contribution is 0.0154. The van der Waals surface area contributed by atoms with Crippen LogP contribution in [0.15, 0.2) is 60.7 Å². The minimum Gasteiger partial charge on any atom is -0.395 e. The molecule has 3 heteroatoms. The molecular weight excluding hydrogens is 368 g/mol. The molecule has 160 valence electrons. The Morgan fingerprint density at radius 1 is 0.767 bits per heavy atom. The summed E-state index contributed by atoms with van der Waals surface area (Å²) in [7, 11) is 0. The van der Waals surface area contributed by atoms with Gasteiger partial charge in [0, 0.05) is 36.5 Å². The minimum absolute atomic E-state index is 0.246. The van der Waals surface area contributed by atoms with Gasteiger partial charge in [0.15, 0.2) is 0 Å². The Hall–Kier alpha value is -1.68.